The Morgan fingerprint density at radius 3 is 2.33 bits per heavy atom. The quantitative estimate of drug-likeness (QED) is 0.871. The summed E-state index contributed by atoms with van der Waals surface area (Å²) in [6.45, 7) is 2.80. The van der Waals surface area contributed by atoms with Crippen molar-refractivity contribution in [2.75, 3.05) is 6.54 Å². The standard InChI is InChI=1S/C18H17NO2/c1-2-3-8-19-16-11-17(20)14-9-12-6-4-5-7-13(12)10-15(14)18(16)21/h4-7,9-11,19H,2-3,8H2,1H3. The van der Waals surface area contributed by atoms with E-state index in [4.69, 9.17) is 0 Å². The van der Waals surface area contributed by atoms with Crippen molar-refractivity contribution in [1.29, 1.82) is 0 Å². The zero-order valence-electron chi connectivity index (χ0n) is 12.0. The Kier molecular flexibility index (Phi) is 3.57. The SMILES string of the molecule is CCCCNC1=CC(=O)c2cc3ccccc3cc2C1=O. The number of Topliss-reactive ketones (excluding diaryl/α,β-unsaturated/α-hetero) is 1. The summed E-state index contributed by atoms with van der Waals surface area (Å²) < 4.78 is 0. The van der Waals surface area contributed by atoms with Gasteiger partial charge < -0.3 is 5.32 Å². The number of carbonyl (C=O) groups excluding carboxylic acids is 2. The van der Waals surface area contributed by atoms with Crippen LogP contribution in [0.2, 0.25) is 0 Å². The fourth-order valence-corrected chi connectivity index (χ4v) is 2.58. The van der Waals surface area contributed by atoms with Crippen LogP contribution in [0.4, 0.5) is 0 Å². The van der Waals surface area contributed by atoms with Crippen molar-refractivity contribution in [3.05, 3.63) is 59.3 Å². The van der Waals surface area contributed by atoms with E-state index in [1.165, 1.54) is 6.08 Å². The molecule has 0 heterocycles. The van der Waals surface area contributed by atoms with E-state index in [-0.39, 0.29) is 11.6 Å². The van der Waals surface area contributed by atoms with Crippen LogP contribution < -0.4 is 5.32 Å². The third-order valence-electron chi connectivity index (χ3n) is 3.76. The Balaban J connectivity index is 2.01. The van der Waals surface area contributed by atoms with E-state index in [1.807, 2.05) is 36.4 Å². The number of nitrogens with one attached hydrogen (secondary N) is 1. The first-order valence-corrected chi connectivity index (χ1v) is 7.28. The molecule has 1 aliphatic rings. The minimum atomic E-state index is -0.102. The molecule has 0 saturated carbocycles. The van der Waals surface area contributed by atoms with Gasteiger partial charge in [-0.2, -0.15) is 0 Å². The first-order chi connectivity index (χ1) is 10.2. The Morgan fingerprint density at radius 1 is 1.00 bits per heavy atom. The zero-order chi connectivity index (χ0) is 14.8. The lowest BCUT2D eigenvalue weighted by Crippen LogP contribution is -2.27. The lowest BCUT2D eigenvalue weighted by Gasteiger charge is -2.17. The van der Waals surface area contributed by atoms with E-state index < -0.39 is 0 Å². The van der Waals surface area contributed by atoms with Gasteiger partial charge in [0, 0.05) is 23.7 Å². The van der Waals surface area contributed by atoms with Crippen LogP contribution in [-0.4, -0.2) is 18.1 Å². The van der Waals surface area contributed by atoms with Crippen LogP contribution in [0.5, 0.6) is 0 Å². The Bertz CT molecular complexity index is 759. The first-order valence-electron chi connectivity index (χ1n) is 7.28. The Hall–Kier alpha value is -2.42. The lowest BCUT2D eigenvalue weighted by atomic mass is 9.90. The minimum Gasteiger partial charge on any atom is -0.382 e. The summed E-state index contributed by atoms with van der Waals surface area (Å²) in [5, 5.41) is 5.04. The van der Waals surface area contributed by atoms with Crippen LogP contribution in [0, 0.1) is 0 Å². The second-order valence-corrected chi connectivity index (χ2v) is 5.28. The average molecular weight is 279 g/mol. The molecule has 21 heavy (non-hydrogen) atoms. The van der Waals surface area contributed by atoms with Crippen molar-refractivity contribution in [1.82, 2.24) is 5.32 Å². The van der Waals surface area contributed by atoms with Crippen LogP contribution in [0.1, 0.15) is 40.5 Å². The van der Waals surface area contributed by atoms with Gasteiger partial charge in [-0.25, -0.2) is 0 Å². The number of hydrogen-bond acceptors (Lipinski definition) is 3. The fraction of sp³-hybridized carbons (Fsp3) is 0.222. The number of carbonyl (C=O) groups is 2. The van der Waals surface area contributed by atoms with Crippen molar-refractivity contribution in [3.63, 3.8) is 0 Å². The van der Waals surface area contributed by atoms with Crippen LogP contribution in [-0.2, 0) is 0 Å². The molecule has 0 atom stereocenters. The van der Waals surface area contributed by atoms with Crippen molar-refractivity contribution in [2.45, 2.75) is 19.8 Å². The molecule has 0 bridgehead atoms. The molecule has 3 nitrogen and oxygen atoms in total. The van der Waals surface area contributed by atoms with Crippen molar-refractivity contribution >= 4 is 22.3 Å². The van der Waals surface area contributed by atoms with Gasteiger partial charge >= 0.3 is 0 Å². The molecule has 0 aromatic heterocycles. The van der Waals surface area contributed by atoms with Crippen LogP contribution in [0.15, 0.2) is 48.2 Å². The van der Waals surface area contributed by atoms with Gasteiger partial charge in [0.25, 0.3) is 0 Å². The van der Waals surface area contributed by atoms with E-state index in [0.717, 1.165) is 23.6 Å². The molecule has 0 spiro atoms. The fourth-order valence-electron chi connectivity index (χ4n) is 2.58. The Labute approximate surface area is 123 Å². The maximum atomic E-state index is 12.5. The molecule has 3 rings (SSSR count). The minimum absolute atomic E-state index is 0.0912. The van der Waals surface area contributed by atoms with Gasteiger partial charge in [0.1, 0.15) is 0 Å². The summed E-state index contributed by atoms with van der Waals surface area (Å²) in [5.74, 6) is -0.194. The third kappa shape index (κ3) is 2.47. The summed E-state index contributed by atoms with van der Waals surface area (Å²) in [6.07, 6.45) is 3.45. The highest BCUT2D eigenvalue weighted by atomic mass is 16.1. The molecule has 2 aromatic carbocycles. The molecular weight excluding hydrogens is 262 g/mol. The first kappa shape index (κ1) is 13.6. The van der Waals surface area contributed by atoms with Gasteiger partial charge in [0.15, 0.2) is 5.78 Å². The molecule has 3 heteroatoms. The highest BCUT2D eigenvalue weighted by Crippen LogP contribution is 2.26. The molecule has 0 unspecified atom stereocenters. The van der Waals surface area contributed by atoms with E-state index in [9.17, 15) is 9.59 Å². The molecule has 0 aliphatic heterocycles. The summed E-state index contributed by atoms with van der Waals surface area (Å²) >= 11 is 0. The van der Waals surface area contributed by atoms with Crippen molar-refractivity contribution in [3.8, 4) is 0 Å². The van der Waals surface area contributed by atoms with Gasteiger partial charge in [-0.05, 0) is 29.3 Å². The number of rotatable bonds is 4. The van der Waals surface area contributed by atoms with Gasteiger partial charge in [-0.1, -0.05) is 37.6 Å². The molecule has 2 aromatic rings. The normalized spacial score (nSPS) is 14.0. The van der Waals surface area contributed by atoms with Crippen LogP contribution in [0.3, 0.4) is 0 Å². The van der Waals surface area contributed by atoms with E-state index in [1.54, 1.807) is 0 Å². The molecule has 106 valence electrons. The van der Waals surface area contributed by atoms with E-state index in [2.05, 4.69) is 12.2 Å². The molecule has 1 aliphatic carbocycles. The van der Waals surface area contributed by atoms with Gasteiger partial charge in [0.05, 0.1) is 5.70 Å². The van der Waals surface area contributed by atoms with Crippen molar-refractivity contribution < 1.29 is 9.59 Å². The zero-order valence-corrected chi connectivity index (χ0v) is 12.0. The molecule has 0 radical (unpaired) electrons. The molecule has 0 fully saturated rings. The number of fused-ring (bicyclic) bond motifs is 2. The van der Waals surface area contributed by atoms with E-state index in [0.29, 0.717) is 23.4 Å². The molecule has 1 N–H and O–H groups in total. The average Bonchev–Trinajstić information content (AvgIpc) is 2.51. The number of hydrogen-bond donors (Lipinski definition) is 1. The maximum Gasteiger partial charge on any atom is 0.209 e. The number of unbranched alkanes of at least 4 members (excludes halogenated alkanes) is 1. The largest absolute Gasteiger partial charge is 0.382 e. The molecule has 0 amide bonds. The van der Waals surface area contributed by atoms with Gasteiger partial charge in [-0.15, -0.1) is 0 Å². The van der Waals surface area contributed by atoms with Crippen LogP contribution >= 0.6 is 0 Å². The van der Waals surface area contributed by atoms with Crippen molar-refractivity contribution in [2.24, 2.45) is 0 Å². The van der Waals surface area contributed by atoms with Gasteiger partial charge in [-0.3, -0.25) is 9.59 Å². The molecular formula is C18H17NO2. The molecule has 0 saturated heterocycles. The summed E-state index contributed by atoms with van der Waals surface area (Å²) in [6, 6.07) is 11.4. The van der Waals surface area contributed by atoms with E-state index >= 15 is 0 Å². The summed E-state index contributed by atoms with van der Waals surface area (Å²) in [7, 11) is 0. The predicted molar refractivity (Wildman–Crippen MR) is 83.6 cm³/mol. The third-order valence-corrected chi connectivity index (χ3v) is 3.76. The summed E-state index contributed by atoms with van der Waals surface area (Å²) in [5.41, 5.74) is 1.41. The van der Waals surface area contributed by atoms with Crippen LogP contribution in [0.25, 0.3) is 10.8 Å². The van der Waals surface area contributed by atoms with Gasteiger partial charge in [0.2, 0.25) is 5.78 Å². The smallest absolute Gasteiger partial charge is 0.209 e. The highest BCUT2D eigenvalue weighted by molar-refractivity contribution is 6.25. The topological polar surface area (TPSA) is 46.2 Å². The summed E-state index contributed by atoms with van der Waals surface area (Å²) in [4.78, 5) is 24.8. The monoisotopic (exact) mass is 279 g/mol. The Morgan fingerprint density at radius 2 is 1.67 bits per heavy atom. The highest BCUT2D eigenvalue weighted by Gasteiger charge is 2.25. The number of ketones is 2. The number of benzene rings is 2. The second-order valence-electron chi connectivity index (χ2n) is 5.28. The lowest BCUT2D eigenvalue weighted by molar-refractivity contribution is 0.0978. The second kappa shape index (κ2) is 5.52. The maximum absolute atomic E-state index is 12.5. The predicted octanol–water partition coefficient (Wildman–Crippen LogP) is 3.49. The number of allylic oxidation sites excluding steroid dienone is 2.